The Morgan fingerprint density at radius 1 is 1.41 bits per heavy atom. The highest BCUT2D eigenvalue weighted by Crippen LogP contribution is 2.27. The smallest absolute Gasteiger partial charge is 0.127 e. The summed E-state index contributed by atoms with van der Waals surface area (Å²) in [4.78, 5) is 5.12. The van der Waals surface area contributed by atoms with E-state index in [0.717, 1.165) is 27.3 Å². The number of alkyl halides is 1. The number of rotatable bonds is 5. The summed E-state index contributed by atoms with van der Waals surface area (Å²) in [6, 6.07) is 5.82. The summed E-state index contributed by atoms with van der Waals surface area (Å²) < 4.78 is 11.0. The summed E-state index contributed by atoms with van der Waals surface area (Å²) in [5.74, 6) is 1.64. The van der Waals surface area contributed by atoms with Gasteiger partial charge in [-0.3, -0.25) is 4.98 Å². The predicted molar refractivity (Wildman–Crippen MR) is 72.1 cm³/mol. The molecule has 0 atom stereocenters. The standard InChI is InChI=1S/C12H12BrNO2S/c1-15-10-3-2-9(5-13)12(4-10)16-7-11-6-14-8-17-11/h2-4,6,8H,5,7H2,1H3. The zero-order valence-corrected chi connectivity index (χ0v) is 11.8. The molecule has 0 fully saturated rings. The van der Waals surface area contributed by atoms with Crippen molar-refractivity contribution >= 4 is 27.3 Å². The Morgan fingerprint density at radius 2 is 2.29 bits per heavy atom. The first-order valence-corrected chi connectivity index (χ1v) is 7.06. The lowest BCUT2D eigenvalue weighted by atomic mass is 10.2. The molecule has 0 unspecified atom stereocenters. The van der Waals surface area contributed by atoms with Crippen LogP contribution in [0.4, 0.5) is 0 Å². The number of benzene rings is 1. The number of hydrogen-bond acceptors (Lipinski definition) is 4. The second-order valence-corrected chi connectivity index (χ2v) is 4.90. The van der Waals surface area contributed by atoms with Crippen LogP contribution in [0.15, 0.2) is 29.9 Å². The van der Waals surface area contributed by atoms with Crippen molar-refractivity contribution < 1.29 is 9.47 Å². The molecule has 90 valence electrons. The maximum atomic E-state index is 5.78. The molecule has 0 spiro atoms. The topological polar surface area (TPSA) is 31.4 Å². The van der Waals surface area contributed by atoms with Crippen molar-refractivity contribution in [2.75, 3.05) is 7.11 Å². The van der Waals surface area contributed by atoms with Gasteiger partial charge < -0.3 is 9.47 Å². The fourth-order valence-electron chi connectivity index (χ4n) is 1.37. The van der Waals surface area contributed by atoms with Gasteiger partial charge in [-0.15, -0.1) is 11.3 Å². The fourth-order valence-corrected chi connectivity index (χ4v) is 2.34. The molecule has 0 bridgehead atoms. The lowest BCUT2D eigenvalue weighted by Gasteiger charge is -2.10. The van der Waals surface area contributed by atoms with Crippen LogP contribution in [0.2, 0.25) is 0 Å². The van der Waals surface area contributed by atoms with Crippen molar-refractivity contribution in [1.82, 2.24) is 4.98 Å². The number of nitrogens with zero attached hydrogens (tertiary/aromatic N) is 1. The van der Waals surface area contributed by atoms with Crippen molar-refractivity contribution in [1.29, 1.82) is 0 Å². The first kappa shape index (κ1) is 12.4. The highest BCUT2D eigenvalue weighted by atomic mass is 79.9. The van der Waals surface area contributed by atoms with Crippen LogP contribution >= 0.6 is 27.3 Å². The summed E-state index contributed by atoms with van der Waals surface area (Å²) in [5.41, 5.74) is 2.91. The van der Waals surface area contributed by atoms with Crippen molar-refractivity contribution in [3.8, 4) is 11.5 Å². The normalized spacial score (nSPS) is 10.2. The van der Waals surface area contributed by atoms with Gasteiger partial charge in [0.2, 0.25) is 0 Å². The van der Waals surface area contributed by atoms with Gasteiger partial charge in [0.25, 0.3) is 0 Å². The van der Waals surface area contributed by atoms with Gasteiger partial charge >= 0.3 is 0 Å². The third-order valence-corrected chi connectivity index (χ3v) is 3.63. The van der Waals surface area contributed by atoms with Crippen LogP contribution in [0.5, 0.6) is 11.5 Å². The largest absolute Gasteiger partial charge is 0.497 e. The van der Waals surface area contributed by atoms with E-state index < -0.39 is 0 Å². The van der Waals surface area contributed by atoms with E-state index >= 15 is 0 Å². The van der Waals surface area contributed by atoms with Crippen molar-refractivity contribution in [2.24, 2.45) is 0 Å². The number of thiazole rings is 1. The second kappa shape index (κ2) is 6.02. The molecular weight excluding hydrogens is 302 g/mol. The number of halogens is 1. The molecule has 3 nitrogen and oxygen atoms in total. The molecule has 2 rings (SSSR count). The van der Waals surface area contributed by atoms with Crippen molar-refractivity contribution in [3.05, 3.63) is 40.3 Å². The highest BCUT2D eigenvalue weighted by Gasteiger charge is 2.05. The maximum absolute atomic E-state index is 5.78. The van der Waals surface area contributed by atoms with E-state index in [4.69, 9.17) is 9.47 Å². The number of aromatic nitrogens is 1. The molecule has 0 aliphatic rings. The quantitative estimate of drug-likeness (QED) is 0.790. The predicted octanol–water partition coefficient (Wildman–Crippen LogP) is 3.63. The summed E-state index contributed by atoms with van der Waals surface area (Å²) in [5, 5.41) is 0.759. The molecule has 1 heterocycles. The summed E-state index contributed by atoms with van der Waals surface area (Å²) >= 11 is 5.03. The van der Waals surface area contributed by atoms with Crippen molar-refractivity contribution in [3.63, 3.8) is 0 Å². The zero-order valence-electron chi connectivity index (χ0n) is 9.35. The SMILES string of the molecule is COc1ccc(CBr)c(OCc2cncs2)c1. The number of methoxy groups -OCH3 is 1. The average Bonchev–Trinajstić information content (AvgIpc) is 2.89. The lowest BCUT2D eigenvalue weighted by molar-refractivity contribution is 0.304. The molecule has 0 saturated carbocycles. The van der Waals surface area contributed by atoms with E-state index in [1.165, 1.54) is 0 Å². The lowest BCUT2D eigenvalue weighted by Crippen LogP contribution is -1.97. The Morgan fingerprint density at radius 3 is 2.94 bits per heavy atom. The van der Waals surface area contributed by atoms with Gasteiger partial charge in [0, 0.05) is 23.2 Å². The zero-order chi connectivity index (χ0) is 12.1. The summed E-state index contributed by atoms with van der Waals surface area (Å²) in [7, 11) is 1.65. The summed E-state index contributed by atoms with van der Waals surface area (Å²) in [6.45, 7) is 0.540. The molecule has 1 aromatic carbocycles. The summed E-state index contributed by atoms with van der Waals surface area (Å²) in [6.07, 6.45) is 1.82. The van der Waals surface area contributed by atoms with Crippen LogP contribution in [0.1, 0.15) is 10.4 Å². The minimum atomic E-state index is 0.540. The number of ether oxygens (including phenoxy) is 2. The van der Waals surface area contributed by atoms with E-state index in [9.17, 15) is 0 Å². The van der Waals surface area contributed by atoms with Crippen LogP contribution < -0.4 is 9.47 Å². The van der Waals surface area contributed by atoms with Gasteiger partial charge in [-0.2, -0.15) is 0 Å². The molecule has 2 aromatic rings. The number of hydrogen-bond donors (Lipinski definition) is 0. The first-order valence-electron chi connectivity index (χ1n) is 5.06. The molecule has 0 aliphatic carbocycles. The second-order valence-electron chi connectivity index (χ2n) is 3.36. The molecule has 0 amide bonds. The molecular formula is C12H12BrNO2S. The van der Waals surface area contributed by atoms with Crippen LogP contribution in [0.25, 0.3) is 0 Å². The maximum Gasteiger partial charge on any atom is 0.127 e. The molecule has 5 heteroatoms. The van der Waals surface area contributed by atoms with Crippen LogP contribution in [-0.4, -0.2) is 12.1 Å². The molecule has 1 aromatic heterocycles. The van der Waals surface area contributed by atoms with Crippen LogP contribution in [-0.2, 0) is 11.9 Å². The minimum Gasteiger partial charge on any atom is -0.497 e. The van der Waals surface area contributed by atoms with Crippen LogP contribution in [0, 0.1) is 0 Å². The Balaban J connectivity index is 2.12. The van der Waals surface area contributed by atoms with Gasteiger partial charge in [-0.1, -0.05) is 22.0 Å². The van der Waals surface area contributed by atoms with Gasteiger partial charge in [-0.25, -0.2) is 0 Å². The van der Waals surface area contributed by atoms with Gasteiger partial charge in [0.05, 0.1) is 17.5 Å². The Kier molecular flexibility index (Phi) is 4.39. The van der Waals surface area contributed by atoms with Gasteiger partial charge in [-0.05, 0) is 6.07 Å². The molecule has 0 saturated heterocycles. The van der Waals surface area contributed by atoms with Gasteiger partial charge in [0.1, 0.15) is 18.1 Å². The Hall–Kier alpha value is -1.07. The van der Waals surface area contributed by atoms with E-state index in [1.54, 1.807) is 24.0 Å². The molecule has 0 aliphatic heterocycles. The minimum absolute atomic E-state index is 0.540. The molecule has 17 heavy (non-hydrogen) atoms. The third kappa shape index (κ3) is 3.20. The highest BCUT2D eigenvalue weighted by molar-refractivity contribution is 9.08. The fraction of sp³-hybridized carbons (Fsp3) is 0.250. The van der Waals surface area contributed by atoms with Crippen LogP contribution in [0.3, 0.4) is 0 Å². The third-order valence-electron chi connectivity index (χ3n) is 2.27. The van der Waals surface area contributed by atoms with E-state index in [1.807, 2.05) is 24.4 Å². The Bertz CT molecular complexity index is 473. The monoisotopic (exact) mass is 313 g/mol. The van der Waals surface area contributed by atoms with Gasteiger partial charge in [0.15, 0.2) is 0 Å². The van der Waals surface area contributed by atoms with Crippen molar-refractivity contribution in [2.45, 2.75) is 11.9 Å². The van der Waals surface area contributed by atoms with E-state index in [2.05, 4.69) is 20.9 Å². The molecule has 0 N–H and O–H groups in total. The average molecular weight is 314 g/mol. The molecule has 0 radical (unpaired) electrons. The first-order chi connectivity index (χ1) is 8.33. The Labute approximate surface area is 113 Å². The van der Waals surface area contributed by atoms with E-state index in [0.29, 0.717) is 6.61 Å². The van der Waals surface area contributed by atoms with E-state index in [-0.39, 0.29) is 0 Å².